The molecule has 0 fully saturated rings. The quantitative estimate of drug-likeness (QED) is 0.600. The molecule has 0 heterocycles. The summed E-state index contributed by atoms with van der Waals surface area (Å²) in [6.45, 7) is 5.39. The summed E-state index contributed by atoms with van der Waals surface area (Å²) in [6, 6.07) is -0.766. The van der Waals surface area contributed by atoms with Gasteiger partial charge in [-0.25, -0.2) is 0 Å². The van der Waals surface area contributed by atoms with Crippen molar-refractivity contribution in [2.45, 2.75) is 26.8 Å². The standard InChI is InChI=1S/C6H13NO2.CH3Cl/c1-6(2,3)4(7)5(8)9;1-2/h4H,7H2,1-3H3,(H,8,9);1H3/t4-;/m1./s1. The molecule has 3 nitrogen and oxygen atoms in total. The highest BCUT2D eigenvalue weighted by atomic mass is 35.5. The second-order valence-corrected chi connectivity index (χ2v) is 3.18. The SMILES string of the molecule is CC(C)(C)[C@H](N)C(=O)O.CCl. The van der Waals surface area contributed by atoms with E-state index < -0.39 is 12.0 Å². The highest BCUT2D eigenvalue weighted by Gasteiger charge is 2.26. The molecule has 0 aliphatic carbocycles. The average Bonchev–Trinajstić information content (AvgIpc) is 1.89. The Morgan fingerprint density at radius 1 is 1.45 bits per heavy atom. The van der Waals surface area contributed by atoms with Gasteiger partial charge in [0.25, 0.3) is 0 Å². The predicted molar refractivity (Wildman–Crippen MR) is 46.8 cm³/mol. The highest BCUT2D eigenvalue weighted by molar-refractivity contribution is 6.15. The van der Waals surface area contributed by atoms with E-state index in [-0.39, 0.29) is 5.41 Å². The van der Waals surface area contributed by atoms with Gasteiger partial charge in [0.1, 0.15) is 6.04 Å². The van der Waals surface area contributed by atoms with Crippen LogP contribution in [0, 0.1) is 5.41 Å². The fourth-order valence-corrected chi connectivity index (χ4v) is 0.370. The third kappa shape index (κ3) is 6.13. The third-order valence-electron chi connectivity index (χ3n) is 1.20. The number of halogens is 1. The summed E-state index contributed by atoms with van der Waals surface area (Å²) in [5.41, 5.74) is 4.95. The number of hydrogen-bond acceptors (Lipinski definition) is 2. The zero-order valence-corrected chi connectivity index (χ0v) is 8.14. The number of rotatable bonds is 1. The first kappa shape index (κ1) is 13.3. The smallest absolute Gasteiger partial charge is 0.321 e. The van der Waals surface area contributed by atoms with E-state index in [1.54, 1.807) is 20.8 Å². The number of carbonyl (C=O) groups is 1. The maximum absolute atomic E-state index is 10.2. The van der Waals surface area contributed by atoms with Crippen LogP contribution in [0.3, 0.4) is 0 Å². The van der Waals surface area contributed by atoms with Crippen molar-refractivity contribution in [3.05, 3.63) is 0 Å². The molecule has 3 N–H and O–H groups in total. The minimum Gasteiger partial charge on any atom is -0.480 e. The number of carboxylic acid groups (broad SMARTS) is 1. The van der Waals surface area contributed by atoms with Gasteiger partial charge in [0.05, 0.1) is 0 Å². The lowest BCUT2D eigenvalue weighted by atomic mass is 9.88. The summed E-state index contributed by atoms with van der Waals surface area (Å²) >= 11 is 4.64. The van der Waals surface area contributed by atoms with Gasteiger partial charge >= 0.3 is 5.97 Å². The Labute approximate surface area is 72.5 Å². The Hall–Kier alpha value is -0.280. The molecule has 0 rings (SSSR count). The van der Waals surface area contributed by atoms with E-state index in [1.807, 2.05) is 0 Å². The first-order chi connectivity index (χ1) is 4.85. The van der Waals surface area contributed by atoms with E-state index in [1.165, 1.54) is 6.38 Å². The molecule has 0 aromatic rings. The van der Waals surface area contributed by atoms with Gasteiger partial charge in [0, 0.05) is 6.38 Å². The first-order valence-electron chi connectivity index (χ1n) is 3.22. The van der Waals surface area contributed by atoms with E-state index in [4.69, 9.17) is 10.8 Å². The van der Waals surface area contributed by atoms with Crippen LogP contribution in [0.1, 0.15) is 20.8 Å². The van der Waals surface area contributed by atoms with E-state index >= 15 is 0 Å². The molecular weight excluding hydrogens is 166 g/mol. The van der Waals surface area contributed by atoms with Gasteiger partial charge < -0.3 is 10.8 Å². The molecule has 0 amide bonds. The number of nitrogens with two attached hydrogens (primary N) is 1. The minimum absolute atomic E-state index is 0.341. The molecular formula is C7H16ClNO2. The van der Waals surface area contributed by atoms with Crippen LogP contribution in [0.25, 0.3) is 0 Å². The Kier molecular flexibility index (Phi) is 6.52. The summed E-state index contributed by atoms with van der Waals surface area (Å²) in [6.07, 6.45) is 1.47. The molecule has 0 aromatic heterocycles. The van der Waals surface area contributed by atoms with Gasteiger partial charge in [-0.2, -0.15) is 0 Å². The van der Waals surface area contributed by atoms with Crippen LogP contribution in [-0.4, -0.2) is 23.5 Å². The topological polar surface area (TPSA) is 63.3 Å². The summed E-state index contributed by atoms with van der Waals surface area (Å²) in [5.74, 6) is -0.942. The monoisotopic (exact) mass is 181 g/mol. The van der Waals surface area contributed by atoms with Crippen LogP contribution >= 0.6 is 11.6 Å². The van der Waals surface area contributed by atoms with Gasteiger partial charge in [0.2, 0.25) is 0 Å². The van der Waals surface area contributed by atoms with E-state index in [9.17, 15) is 4.79 Å². The van der Waals surface area contributed by atoms with Crippen LogP contribution in [0.2, 0.25) is 0 Å². The summed E-state index contributed by atoms with van der Waals surface area (Å²) < 4.78 is 0. The Balaban J connectivity index is 0. The van der Waals surface area contributed by atoms with Crippen molar-refractivity contribution in [2.24, 2.45) is 11.1 Å². The molecule has 0 radical (unpaired) electrons. The maximum Gasteiger partial charge on any atom is 0.321 e. The highest BCUT2D eigenvalue weighted by Crippen LogP contribution is 2.16. The normalized spacial score (nSPS) is 12.9. The van der Waals surface area contributed by atoms with Gasteiger partial charge in [-0.1, -0.05) is 20.8 Å². The lowest BCUT2D eigenvalue weighted by Crippen LogP contribution is -2.41. The van der Waals surface area contributed by atoms with Crippen molar-refractivity contribution in [1.82, 2.24) is 0 Å². The predicted octanol–water partition coefficient (Wildman–Crippen LogP) is 1.30. The van der Waals surface area contributed by atoms with Gasteiger partial charge in [-0.05, 0) is 5.41 Å². The molecule has 68 valence electrons. The van der Waals surface area contributed by atoms with Gasteiger partial charge in [-0.3, -0.25) is 4.79 Å². The molecule has 0 spiro atoms. The van der Waals surface area contributed by atoms with Crippen molar-refractivity contribution < 1.29 is 9.90 Å². The van der Waals surface area contributed by atoms with Crippen molar-refractivity contribution in [3.8, 4) is 0 Å². The lowest BCUT2D eigenvalue weighted by molar-refractivity contribution is -0.141. The number of alkyl halides is 1. The molecule has 1 atom stereocenters. The Morgan fingerprint density at radius 3 is 1.73 bits per heavy atom. The molecule has 0 saturated heterocycles. The lowest BCUT2D eigenvalue weighted by Gasteiger charge is -2.22. The molecule has 0 unspecified atom stereocenters. The van der Waals surface area contributed by atoms with E-state index in [0.717, 1.165) is 0 Å². The van der Waals surface area contributed by atoms with Crippen molar-refractivity contribution >= 4 is 17.6 Å². The molecule has 0 aliphatic rings. The number of hydrogen-bond donors (Lipinski definition) is 2. The Morgan fingerprint density at radius 2 is 1.73 bits per heavy atom. The van der Waals surface area contributed by atoms with Crippen LogP contribution in [0.15, 0.2) is 0 Å². The molecule has 4 heteroatoms. The summed E-state index contributed by atoms with van der Waals surface area (Å²) in [5, 5.41) is 8.39. The zero-order chi connectivity index (χ0) is 9.65. The fourth-order valence-electron chi connectivity index (χ4n) is 0.370. The van der Waals surface area contributed by atoms with Gasteiger partial charge in [0.15, 0.2) is 0 Å². The number of aliphatic carboxylic acids is 1. The van der Waals surface area contributed by atoms with E-state index in [2.05, 4.69) is 11.6 Å². The van der Waals surface area contributed by atoms with Crippen LogP contribution in [-0.2, 0) is 4.79 Å². The molecule has 0 aromatic carbocycles. The van der Waals surface area contributed by atoms with Gasteiger partial charge in [-0.15, -0.1) is 11.6 Å². The summed E-state index contributed by atoms with van der Waals surface area (Å²) in [4.78, 5) is 10.2. The summed E-state index contributed by atoms with van der Waals surface area (Å²) in [7, 11) is 0. The third-order valence-corrected chi connectivity index (χ3v) is 1.20. The van der Waals surface area contributed by atoms with Crippen LogP contribution in [0.5, 0.6) is 0 Å². The van der Waals surface area contributed by atoms with Crippen molar-refractivity contribution in [2.75, 3.05) is 6.38 Å². The van der Waals surface area contributed by atoms with Crippen molar-refractivity contribution in [1.29, 1.82) is 0 Å². The van der Waals surface area contributed by atoms with Crippen LogP contribution < -0.4 is 5.73 Å². The Bertz CT molecular complexity index is 120. The number of carboxylic acids is 1. The fraction of sp³-hybridized carbons (Fsp3) is 0.857. The van der Waals surface area contributed by atoms with Crippen molar-refractivity contribution in [3.63, 3.8) is 0 Å². The largest absolute Gasteiger partial charge is 0.480 e. The minimum atomic E-state index is -0.942. The van der Waals surface area contributed by atoms with E-state index in [0.29, 0.717) is 0 Å². The molecule has 0 saturated carbocycles. The molecule has 0 aliphatic heterocycles. The second kappa shape index (κ2) is 5.38. The first-order valence-corrected chi connectivity index (χ1v) is 3.97. The zero-order valence-electron chi connectivity index (χ0n) is 7.39. The molecule has 0 bridgehead atoms. The second-order valence-electron chi connectivity index (χ2n) is 3.18. The average molecular weight is 182 g/mol. The maximum atomic E-state index is 10.2. The van der Waals surface area contributed by atoms with Crippen LogP contribution in [0.4, 0.5) is 0 Å². The molecule has 11 heavy (non-hydrogen) atoms.